The molecule has 1 unspecified atom stereocenters. The molecular formula is C21H20BrClN4O3S. The van der Waals surface area contributed by atoms with Crippen molar-refractivity contribution in [1.82, 2.24) is 14.8 Å². The van der Waals surface area contributed by atoms with Crippen molar-refractivity contribution in [3.8, 4) is 0 Å². The van der Waals surface area contributed by atoms with E-state index in [0.29, 0.717) is 43.6 Å². The normalized spacial score (nSPS) is 15.7. The van der Waals surface area contributed by atoms with Gasteiger partial charge in [0.25, 0.3) is 0 Å². The summed E-state index contributed by atoms with van der Waals surface area (Å²) in [5, 5.41) is 9.09. The predicted molar refractivity (Wildman–Crippen MR) is 123 cm³/mol. The van der Waals surface area contributed by atoms with Crippen LogP contribution in [0.4, 0.5) is 5.95 Å². The number of allylic oxidation sites excluding steroid dienone is 1. The fourth-order valence-corrected chi connectivity index (χ4v) is 4.66. The summed E-state index contributed by atoms with van der Waals surface area (Å²) >= 11 is 11.1. The van der Waals surface area contributed by atoms with Crippen LogP contribution in [-0.2, 0) is 15.3 Å². The maximum absolute atomic E-state index is 12.9. The molecule has 0 aliphatic carbocycles. The van der Waals surface area contributed by atoms with Crippen LogP contribution in [0.15, 0.2) is 61.9 Å². The van der Waals surface area contributed by atoms with Gasteiger partial charge in [0.2, 0.25) is 11.1 Å². The Kier molecular flexibility index (Phi) is 6.45. The second-order valence-electron chi connectivity index (χ2n) is 7.20. The highest BCUT2D eigenvalue weighted by Gasteiger charge is 2.37. The van der Waals surface area contributed by atoms with Crippen molar-refractivity contribution in [3.05, 3.63) is 68.7 Å². The zero-order valence-corrected chi connectivity index (χ0v) is 20.2. The molecule has 3 heterocycles. The molecule has 1 atom stereocenters. The summed E-state index contributed by atoms with van der Waals surface area (Å²) in [4.78, 5) is 17.5. The van der Waals surface area contributed by atoms with Gasteiger partial charge in [0.1, 0.15) is 11.8 Å². The van der Waals surface area contributed by atoms with Gasteiger partial charge in [-0.1, -0.05) is 41.6 Å². The van der Waals surface area contributed by atoms with E-state index in [1.54, 1.807) is 16.8 Å². The predicted octanol–water partition coefficient (Wildman–Crippen LogP) is 5.82. The quantitative estimate of drug-likeness (QED) is 0.322. The Labute approximate surface area is 197 Å². The number of carbonyl (C=O) groups is 1. The highest BCUT2D eigenvalue weighted by molar-refractivity contribution is 9.10. The third-order valence-corrected chi connectivity index (χ3v) is 6.26. The maximum Gasteiger partial charge on any atom is 0.338 e. The molecule has 0 saturated heterocycles. The number of nitrogens with one attached hydrogen (secondary N) is 1. The van der Waals surface area contributed by atoms with Crippen LogP contribution < -0.4 is 5.32 Å². The summed E-state index contributed by atoms with van der Waals surface area (Å²) in [5.41, 5.74) is 2.07. The number of hydrogen-bond acceptors (Lipinski definition) is 7. The lowest BCUT2D eigenvalue weighted by Gasteiger charge is -2.26. The summed E-state index contributed by atoms with van der Waals surface area (Å²) in [6.45, 7) is 5.44. The third-order valence-electron chi connectivity index (χ3n) is 4.57. The van der Waals surface area contributed by atoms with Gasteiger partial charge in [-0.25, -0.2) is 9.48 Å². The minimum atomic E-state index is -0.601. The topological polar surface area (TPSA) is 82.2 Å². The first kappa shape index (κ1) is 22.0. The smallest absolute Gasteiger partial charge is 0.338 e. The molecule has 1 aliphatic heterocycles. The summed E-state index contributed by atoms with van der Waals surface area (Å²) in [5.74, 6) is 1.27. The Morgan fingerprint density at radius 3 is 2.81 bits per heavy atom. The van der Waals surface area contributed by atoms with Gasteiger partial charge in [-0.15, -0.1) is 5.10 Å². The number of fused-ring (bicyclic) bond motifs is 1. The zero-order valence-electron chi connectivity index (χ0n) is 17.1. The number of nitrogens with zero attached hydrogens (tertiary/aromatic N) is 3. The Bertz CT molecular complexity index is 1160. The monoisotopic (exact) mass is 522 g/mol. The van der Waals surface area contributed by atoms with Gasteiger partial charge in [0.05, 0.1) is 11.7 Å². The SMILES string of the molecule is CC1=C(C(=O)OC(C)C)C(c2ccc(Br)o2)n2nc(SCc3ccccc3Cl)nc2N1. The number of thioether (sulfide) groups is 1. The highest BCUT2D eigenvalue weighted by atomic mass is 79.9. The van der Waals surface area contributed by atoms with Crippen LogP contribution in [0.2, 0.25) is 5.02 Å². The lowest BCUT2D eigenvalue weighted by molar-refractivity contribution is -0.143. The molecule has 1 N–H and O–H groups in total. The first-order valence-electron chi connectivity index (χ1n) is 9.60. The maximum atomic E-state index is 12.9. The van der Waals surface area contributed by atoms with Gasteiger partial charge in [-0.05, 0) is 60.5 Å². The molecule has 0 amide bonds. The number of esters is 1. The number of benzene rings is 1. The Balaban J connectivity index is 1.68. The van der Waals surface area contributed by atoms with E-state index in [4.69, 9.17) is 20.8 Å². The van der Waals surface area contributed by atoms with Crippen LogP contribution in [0.5, 0.6) is 0 Å². The molecule has 0 saturated carbocycles. The average molecular weight is 524 g/mol. The van der Waals surface area contributed by atoms with Gasteiger partial charge < -0.3 is 14.5 Å². The van der Waals surface area contributed by atoms with Crippen LogP contribution in [0, 0.1) is 0 Å². The molecule has 10 heteroatoms. The van der Waals surface area contributed by atoms with Crippen LogP contribution in [0.1, 0.15) is 38.1 Å². The average Bonchev–Trinajstić information content (AvgIpc) is 3.31. The minimum Gasteiger partial charge on any atom is -0.459 e. The van der Waals surface area contributed by atoms with Crippen molar-refractivity contribution < 1.29 is 13.9 Å². The molecule has 0 bridgehead atoms. The van der Waals surface area contributed by atoms with Gasteiger partial charge in [-0.3, -0.25) is 0 Å². The number of anilines is 1. The number of hydrogen-bond donors (Lipinski definition) is 1. The molecule has 1 aromatic carbocycles. The lowest BCUT2D eigenvalue weighted by Crippen LogP contribution is -2.30. The molecule has 7 nitrogen and oxygen atoms in total. The molecule has 0 radical (unpaired) electrons. The molecule has 162 valence electrons. The second kappa shape index (κ2) is 9.10. The number of ether oxygens (including phenoxy) is 1. The van der Waals surface area contributed by atoms with E-state index in [1.165, 1.54) is 11.8 Å². The van der Waals surface area contributed by atoms with Crippen molar-refractivity contribution in [2.75, 3.05) is 5.32 Å². The molecule has 1 aliphatic rings. The summed E-state index contributed by atoms with van der Waals surface area (Å²) < 4.78 is 13.5. The van der Waals surface area contributed by atoms with Crippen LogP contribution >= 0.6 is 39.3 Å². The summed E-state index contributed by atoms with van der Waals surface area (Å²) in [7, 11) is 0. The summed E-state index contributed by atoms with van der Waals surface area (Å²) in [6.07, 6.45) is -0.254. The zero-order chi connectivity index (χ0) is 22.1. The lowest BCUT2D eigenvalue weighted by atomic mass is 10.0. The van der Waals surface area contributed by atoms with Crippen molar-refractivity contribution in [2.24, 2.45) is 0 Å². The minimum absolute atomic E-state index is 0.254. The number of carbonyl (C=O) groups excluding carboxylic acids is 1. The van der Waals surface area contributed by atoms with E-state index in [-0.39, 0.29) is 6.10 Å². The van der Waals surface area contributed by atoms with Gasteiger partial charge in [-0.2, -0.15) is 4.98 Å². The van der Waals surface area contributed by atoms with Crippen LogP contribution in [0.25, 0.3) is 0 Å². The fourth-order valence-electron chi connectivity index (χ4n) is 3.23. The van der Waals surface area contributed by atoms with Crippen molar-refractivity contribution in [1.29, 1.82) is 0 Å². The molecular weight excluding hydrogens is 504 g/mol. The number of furan rings is 1. The Hall–Kier alpha value is -2.23. The first-order chi connectivity index (χ1) is 14.8. The van der Waals surface area contributed by atoms with E-state index in [9.17, 15) is 4.79 Å². The van der Waals surface area contributed by atoms with Crippen molar-refractivity contribution in [3.63, 3.8) is 0 Å². The standard InChI is InChI=1S/C21H20BrClN4O3S/c1-11(2)29-19(28)17-12(3)24-20-25-21(31-10-13-6-4-5-7-14(13)23)26-27(20)18(17)15-8-9-16(22)30-15/h4-9,11,18H,10H2,1-3H3,(H,24,25,26). The van der Waals surface area contributed by atoms with E-state index >= 15 is 0 Å². The summed E-state index contributed by atoms with van der Waals surface area (Å²) in [6, 6.07) is 10.6. The second-order valence-corrected chi connectivity index (χ2v) is 9.34. The largest absolute Gasteiger partial charge is 0.459 e. The Morgan fingerprint density at radius 2 is 2.13 bits per heavy atom. The fraction of sp³-hybridized carbons (Fsp3) is 0.286. The molecule has 31 heavy (non-hydrogen) atoms. The van der Waals surface area contributed by atoms with Crippen LogP contribution in [0.3, 0.4) is 0 Å². The van der Waals surface area contributed by atoms with Gasteiger partial charge in [0.15, 0.2) is 4.67 Å². The molecule has 2 aromatic heterocycles. The van der Waals surface area contributed by atoms with E-state index in [0.717, 1.165) is 5.56 Å². The number of halogens is 2. The van der Waals surface area contributed by atoms with E-state index in [2.05, 4.69) is 31.3 Å². The van der Waals surface area contributed by atoms with Crippen molar-refractivity contribution in [2.45, 2.75) is 43.8 Å². The highest BCUT2D eigenvalue weighted by Crippen LogP contribution is 2.38. The third kappa shape index (κ3) is 4.68. The molecule has 3 aromatic rings. The van der Waals surface area contributed by atoms with Gasteiger partial charge >= 0.3 is 5.97 Å². The molecule has 0 spiro atoms. The van der Waals surface area contributed by atoms with E-state index < -0.39 is 12.0 Å². The number of rotatable bonds is 6. The molecule has 0 fully saturated rings. The Morgan fingerprint density at radius 1 is 1.35 bits per heavy atom. The van der Waals surface area contributed by atoms with E-state index in [1.807, 2.05) is 45.0 Å². The van der Waals surface area contributed by atoms with Crippen molar-refractivity contribution >= 4 is 51.2 Å². The first-order valence-corrected chi connectivity index (χ1v) is 11.8. The number of aromatic nitrogens is 3. The van der Waals surface area contributed by atoms with Gasteiger partial charge in [0, 0.05) is 16.5 Å². The van der Waals surface area contributed by atoms with Crippen LogP contribution in [-0.4, -0.2) is 26.8 Å². The molecule has 4 rings (SSSR count).